The predicted molar refractivity (Wildman–Crippen MR) is 118 cm³/mol. The van der Waals surface area contributed by atoms with Gasteiger partial charge in [0, 0.05) is 17.1 Å². The topological polar surface area (TPSA) is 76.7 Å². The van der Waals surface area contributed by atoms with Gasteiger partial charge in [-0.15, -0.1) is 0 Å². The van der Waals surface area contributed by atoms with E-state index in [1.165, 1.54) is 5.56 Å². The Labute approximate surface area is 191 Å². The average Bonchev–Trinajstić information content (AvgIpc) is 2.68. The van der Waals surface area contributed by atoms with Gasteiger partial charge < -0.3 is 20.1 Å². The van der Waals surface area contributed by atoms with E-state index in [9.17, 15) is 9.59 Å². The Hall–Kier alpha value is -2.28. The predicted octanol–water partition coefficient (Wildman–Crippen LogP) is 3.80. The lowest BCUT2D eigenvalue weighted by molar-refractivity contribution is -0.152. The van der Waals surface area contributed by atoms with Crippen LogP contribution in [0.1, 0.15) is 30.4 Å². The third-order valence-corrected chi connectivity index (χ3v) is 6.46. The van der Waals surface area contributed by atoms with Crippen LogP contribution in [0, 0.1) is 6.92 Å². The molecule has 164 valence electrons. The molecular weight excluding hydrogens is 439 g/mol. The minimum atomic E-state index is -0.242. The number of amides is 2. The summed E-state index contributed by atoms with van der Waals surface area (Å²) in [5.41, 5.74) is 1.76. The molecule has 3 aliphatic rings. The summed E-state index contributed by atoms with van der Waals surface area (Å²) < 4.78 is 11.0. The molecule has 5 rings (SSSR count). The minimum absolute atomic E-state index is 0.0203. The summed E-state index contributed by atoms with van der Waals surface area (Å²) in [5, 5.41) is 6.87. The van der Waals surface area contributed by atoms with Crippen LogP contribution in [-0.4, -0.2) is 36.1 Å². The summed E-state index contributed by atoms with van der Waals surface area (Å²) in [7, 11) is 0. The second-order valence-corrected chi connectivity index (χ2v) is 9.34. The molecular formula is C23H24Cl2N2O4. The number of benzene rings is 2. The molecule has 0 atom stereocenters. The fourth-order valence-corrected chi connectivity index (χ4v) is 4.67. The molecule has 6 nitrogen and oxygen atoms in total. The second-order valence-electron chi connectivity index (χ2n) is 8.53. The molecule has 8 heteroatoms. The number of nitrogens with one attached hydrogen (secondary N) is 2. The van der Waals surface area contributed by atoms with Crippen molar-refractivity contribution >= 4 is 35.0 Å². The normalized spacial score (nSPS) is 23.3. The Morgan fingerprint density at radius 3 is 2.13 bits per heavy atom. The monoisotopic (exact) mass is 462 g/mol. The van der Waals surface area contributed by atoms with Crippen LogP contribution in [0.4, 0.5) is 0 Å². The fourth-order valence-electron chi connectivity index (χ4n) is 4.38. The van der Waals surface area contributed by atoms with Crippen molar-refractivity contribution in [3.8, 4) is 5.75 Å². The molecule has 0 unspecified atom stereocenters. The maximum atomic E-state index is 12.2. The van der Waals surface area contributed by atoms with Crippen LogP contribution in [0.2, 0.25) is 10.0 Å². The van der Waals surface area contributed by atoms with Crippen molar-refractivity contribution in [2.75, 3.05) is 13.2 Å². The molecule has 31 heavy (non-hydrogen) atoms. The van der Waals surface area contributed by atoms with Crippen molar-refractivity contribution in [3.05, 3.63) is 63.6 Å². The van der Waals surface area contributed by atoms with E-state index in [-0.39, 0.29) is 36.1 Å². The highest BCUT2D eigenvalue weighted by atomic mass is 35.5. The smallest absolute Gasteiger partial charge is 0.258 e. The molecule has 0 aliphatic heterocycles. The molecule has 2 amide bonds. The molecule has 0 heterocycles. The highest BCUT2D eigenvalue weighted by Crippen LogP contribution is 2.60. The second kappa shape index (κ2) is 8.69. The van der Waals surface area contributed by atoms with E-state index in [1.807, 2.05) is 31.2 Å². The first kappa shape index (κ1) is 21.9. The van der Waals surface area contributed by atoms with Gasteiger partial charge in [-0.25, -0.2) is 0 Å². The minimum Gasteiger partial charge on any atom is -0.484 e. The molecule has 0 radical (unpaired) electrons. The summed E-state index contributed by atoms with van der Waals surface area (Å²) >= 11 is 11.8. The van der Waals surface area contributed by atoms with Crippen molar-refractivity contribution in [2.24, 2.45) is 0 Å². The maximum absolute atomic E-state index is 12.2. The van der Waals surface area contributed by atoms with E-state index in [1.54, 1.807) is 18.2 Å². The summed E-state index contributed by atoms with van der Waals surface area (Å²) in [6.07, 6.45) is 2.17. The highest BCUT2D eigenvalue weighted by Gasteiger charge is 2.69. The van der Waals surface area contributed by atoms with Gasteiger partial charge in [-0.1, -0.05) is 53.0 Å². The number of ether oxygens (including phenoxy) is 2. The van der Waals surface area contributed by atoms with Gasteiger partial charge in [0.2, 0.25) is 5.91 Å². The zero-order valence-electron chi connectivity index (χ0n) is 17.2. The Bertz CT molecular complexity index is 974. The van der Waals surface area contributed by atoms with Crippen LogP contribution in [0.25, 0.3) is 0 Å². The van der Waals surface area contributed by atoms with Gasteiger partial charge >= 0.3 is 0 Å². The van der Waals surface area contributed by atoms with Crippen molar-refractivity contribution in [1.82, 2.24) is 10.6 Å². The fraction of sp³-hybridized carbons (Fsp3) is 0.391. The third kappa shape index (κ3) is 5.14. The first-order valence-electron chi connectivity index (χ1n) is 10.1. The first-order valence-corrected chi connectivity index (χ1v) is 10.9. The number of hydrogen-bond acceptors (Lipinski definition) is 4. The van der Waals surface area contributed by atoms with Gasteiger partial charge in [0.05, 0.1) is 16.7 Å². The first-order chi connectivity index (χ1) is 14.8. The average molecular weight is 463 g/mol. The van der Waals surface area contributed by atoms with Gasteiger partial charge in [-0.3, -0.25) is 9.59 Å². The van der Waals surface area contributed by atoms with Crippen LogP contribution >= 0.6 is 23.2 Å². The molecule has 3 fully saturated rings. The van der Waals surface area contributed by atoms with Crippen molar-refractivity contribution in [2.45, 2.75) is 43.9 Å². The van der Waals surface area contributed by atoms with Crippen LogP contribution in [0.3, 0.4) is 0 Å². The molecule has 2 N–H and O–H groups in total. The Balaban J connectivity index is 1.14. The molecule has 2 aromatic rings. The Kier molecular flexibility index (Phi) is 6.15. The summed E-state index contributed by atoms with van der Waals surface area (Å²) in [6.45, 7) is 2.34. The van der Waals surface area contributed by atoms with Crippen LogP contribution in [0.15, 0.2) is 42.5 Å². The largest absolute Gasteiger partial charge is 0.484 e. The number of hydrogen-bond donors (Lipinski definition) is 2. The lowest BCUT2D eigenvalue weighted by atomic mass is 9.44. The molecule has 0 aromatic heterocycles. The van der Waals surface area contributed by atoms with E-state index < -0.39 is 0 Å². The molecule has 3 aliphatic carbocycles. The summed E-state index contributed by atoms with van der Waals surface area (Å²) in [6, 6.07) is 12.9. The number of halogens is 2. The van der Waals surface area contributed by atoms with E-state index in [2.05, 4.69) is 10.6 Å². The highest BCUT2D eigenvalue weighted by molar-refractivity contribution is 6.42. The Morgan fingerprint density at radius 2 is 1.52 bits per heavy atom. The van der Waals surface area contributed by atoms with Crippen molar-refractivity contribution in [1.29, 1.82) is 0 Å². The molecule has 2 bridgehead atoms. The number of rotatable bonds is 9. The van der Waals surface area contributed by atoms with Gasteiger partial charge in [0.25, 0.3) is 5.91 Å². The zero-order valence-corrected chi connectivity index (χ0v) is 18.7. The van der Waals surface area contributed by atoms with Gasteiger partial charge in [-0.2, -0.15) is 0 Å². The van der Waals surface area contributed by atoms with Gasteiger partial charge in [0.1, 0.15) is 12.4 Å². The Morgan fingerprint density at radius 1 is 0.903 bits per heavy atom. The van der Waals surface area contributed by atoms with Crippen LogP contribution in [0.5, 0.6) is 5.75 Å². The van der Waals surface area contributed by atoms with Crippen LogP contribution < -0.4 is 15.4 Å². The number of carbonyl (C=O) groups is 2. The summed E-state index contributed by atoms with van der Waals surface area (Å²) in [4.78, 5) is 24.4. The van der Waals surface area contributed by atoms with Gasteiger partial charge in [0.15, 0.2) is 6.61 Å². The van der Waals surface area contributed by atoms with Crippen LogP contribution in [-0.2, 0) is 20.9 Å². The van der Waals surface area contributed by atoms with E-state index in [0.29, 0.717) is 22.4 Å². The van der Waals surface area contributed by atoms with Gasteiger partial charge in [-0.05, 0) is 43.9 Å². The quantitative estimate of drug-likeness (QED) is 0.593. The molecule has 3 saturated carbocycles. The number of carbonyl (C=O) groups excluding carboxylic acids is 2. The standard InChI is InChI=1S/C23H24Cl2N2O4/c1-15-2-4-16(5-3-15)9-30-10-20(28)26-22-12-23(13-22,14-22)27-21(29)11-31-17-6-7-18(24)19(25)8-17/h2-8H,9-14H2,1H3,(H,26,28)(H,27,29). The molecule has 2 aromatic carbocycles. The third-order valence-electron chi connectivity index (χ3n) is 5.72. The number of aryl methyl sites for hydroxylation is 1. The lowest BCUT2D eigenvalue weighted by Crippen LogP contribution is -2.84. The van der Waals surface area contributed by atoms with Crippen molar-refractivity contribution < 1.29 is 19.1 Å². The zero-order chi connectivity index (χ0) is 22.1. The molecule has 0 saturated heterocycles. The van der Waals surface area contributed by atoms with E-state index >= 15 is 0 Å². The van der Waals surface area contributed by atoms with E-state index in [4.69, 9.17) is 32.7 Å². The summed E-state index contributed by atoms with van der Waals surface area (Å²) in [5.74, 6) is 0.151. The SMILES string of the molecule is Cc1ccc(COCC(=O)NC23CC(NC(=O)COc4ccc(Cl)c(Cl)c4)(C2)C3)cc1. The lowest BCUT2D eigenvalue weighted by Gasteiger charge is -2.70. The van der Waals surface area contributed by atoms with E-state index in [0.717, 1.165) is 24.8 Å². The molecule has 0 spiro atoms. The van der Waals surface area contributed by atoms with Crippen molar-refractivity contribution in [3.63, 3.8) is 0 Å². The maximum Gasteiger partial charge on any atom is 0.258 e.